The molecule has 1 fully saturated rings. The lowest BCUT2D eigenvalue weighted by Crippen LogP contribution is -2.27. The zero-order chi connectivity index (χ0) is 16.2. The average Bonchev–Trinajstić information content (AvgIpc) is 3.03. The Morgan fingerprint density at radius 3 is 2.83 bits per heavy atom. The summed E-state index contributed by atoms with van der Waals surface area (Å²) < 4.78 is 10.3. The SMILES string of the molecule is COc1cc(N2CCC(Nc3nccc(C)n3)C2)nc(OC)n1. The van der Waals surface area contributed by atoms with Gasteiger partial charge in [0.25, 0.3) is 0 Å². The third-order valence-corrected chi connectivity index (χ3v) is 3.70. The number of aryl methyl sites for hydroxylation is 1. The van der Waals surface area contributed by atoms with Gasteiger partial charge >= 0.3 is 6.01 Å². The summed E-state index contributed by atoms with van der Waals surface area (Å²) in [4.78, 5) is 19.3. The number of hydrogen-bond acceptors (Lipinski definition) is 8. The van der Waals surface area contributed by atoms with Crippen molar-refractivity contribution in [1.82, 2.24) is 19.9 Å². The maximum Gasteiger partial charge on any atom is 0.321 e. The molecule has 0 aromatic carbocycles. The van der Waals surface area contributed by atoms with Crippen LogP contribution in [0, 0.1) is 6.92 Å². The van der Waals surface area contributed by atoms with Crippen molar-refractivity contribution in [3.8, 4) is 11.9 Å². The van der Waals surface area contributed by atoms with Gasteiger partial charge in [0.2, 0.25) is 11.8 Å². The molecule has 2 aromatic rings. The van der Waals surface area contributed by atoms with Gasteiger partial charge in [-0.15, -0.1) is 0 Å². The summed E-state index contributed by atoms with van der Waals surface area (Å²) in [6, 6.07) is 4.26. The maximum absolute atomic E-state index is 5.20. The fraction of sp³-hybridized carbons (Fsp3) is 0.467. The van der Waals surface area contributed by atoms with E-state index in [0.717, 1.165) is 31.0 Å². The van der Waals surface area contributed by atoms with Gasteiger partial charge in [0, 0.05) is 37.1 Å². The standard InChI is InChI=1S/C15H20N6O2/c1-10-4-6-16-14(17-10)18-11-5-7-21(9-11)12-8-13(22-2)20-15(19-12)23-3/h4,6,8,11H,5,7,9H2,1-3H3,(H,16,17,18). The lowest BCUT2D eigenvalue weighted by Gasteiger charge is -2.18. The van der Waals surface area contributed by atoms with Crippen LogP contribution in [0.2, 0.25) is 0 Å². The third kappa shape index (κ3) is 3.58. The molecule has 1 N–H and O–H groups in total. The molecule has 0 radical (unpaired) electrons. The Bertz CT molecular complexity index is 659. The van der Waals surface area contributed by atoms with Gasteiger partial charge in [-0.25, -0.2) is 9.97 Å². The van der Waals surface area contributed by atoms with E-state index < -0.39 is 0 Å². The number of hydrogen-bond donors (Lipinski definition) is 1. The van der Waals surface area contributed by atoms with Gasteiger partial charge in [-0.1, -0.05) is 0 Å². The van der Waals surface area contributed by atoms with E-state index in [4.69, 9.17) is 9.47 Å². The maximum atomic E-state index is 5.20. The molecule has 0 bridgehead atoms. The topological polar surface area (TPSA) is 85.3 Å². The van der Waals surface area contributed by atoms with Crippen LogP contribution in [-0.2, 0) is 0 Å². The Labute approximate surface area is 134 Å². The van der Waals surface area contributed by atoms with Crippen LogP contribution in [0.25, 0.3) is 0 Å². The minimum absolute atomic E-state index is 0.267. The highest BCUT2D eigenvalue weighted by Gasteiger charge is 2.25. The van der Waals surface area contributed by atoms with Crippen molar-refractivity contribution in [2.75, 3.05) is 37.5 Å². The summed E-state index contributed by atoms with van der Waals surface area (Å²) in [6.07, 6.45) is 2.74. The van der Waals surface area contributed by atoms with Crippen molar-refractivity contribution in [3.05, 3.63) is 24.0 Å². The quantitative estimate of drug-likeness (QED) is 0.883. The Morgan fingerprint density at radius 1 is 1.22 bits per heavy atom. The molecular formula is C15H20N6O2. The first kappa shape index (κ1) is 15.3. The lowest BCUT2D eigenvalue weighted by atomic mass is 10.3. The smallest absolute Gasteiger partial charge is 0.321 e. The summed E-state index contributed by atoms with van der Waals surface area (Å²) in [5.41, 5.74) is 0.947. The van der Waals surface area contributed by atoms with Gasteiger partial charge in [-0.05, 0) is 19.4 Å². The van der Waals surface area contributed by atoms with Crippen molar-refractivity contribution in [2.45, 2.75) is 19.4 Å². The first-order valence-corrected chi connectivity index (χ1v) is 7.46. The van der Waals surface area contributed by atoms with Crippen LogP contribution >= 0.6 is 0 Å². The first-order valence-electron chi connectivity index (χ1n) is 7.46. The van der Waals surface area contributed by atoms with Crippen LogP contribution in [0.1, 0.15) is 12.1 Å². The summed E-state index contributed by atoms with van der Waals surface area (Å²) in [6.45, 7) is 3.64. The van der Waals surface area contributed by atoms with Crippen molar-refractivity contribution in [1.29, 1.82) is 0 Å². The van der Waals surface area contributed by atoms with E-state index in [-0.39, 0.29) is 6.04 Å². The fourth-order valence-corrected chi connectivity index (χ4v) is 2.54. The first-order chi connectivity index (χ1) is 11.2. The summed E-state index contributed by atoms with van der Waals surface area (Å²) in [5.74, 6) is 1.95. The number of nitrogens with zero attached hydrogens (tertiary/aromatic N) is 5. The summed E-state index contributed by atoms with van der Waals surface area (Å²) in [7, 11) is 3.12. The number of nitrogens with one attached hydrogen (secondary N) is 1. The molecule has 1 unspecified atom stereocenters. The molecule has 0 aliphatic carbocycles. The zero-order valence-electron chi connectivity index (χ0n) is 13.5. The number of anilines is 2. The Morgan fingerprint density at radius 2 is 2.09 bits per heavy atom. The molecule has 8 nitrogen and oxygen atoms in total. The average molecular weight is 316 g/mol. The van der Waals surface area contributed by atoms with E-state index in [1.165, 1.54) is 0 Å². The van der Waals surface area contributed by atoms with Gasteiger partial charge in [-0.3, -0.25) is 0 Å². The molecule has 0 amide bonds. The second kappa shape index (κ2) is 6.64. The number of methoxy groups -OCH3 is 2. The molecule has 2 aromatic heterocycles. The van der Waals surface area contributed by atoms with Crippen LogP contribution in [0.3, 0.4) is 0 Å². The molecule has 0 saturated carbocycles. The Hall–Kier alpha value is -2.64. The molecule has 1 atom stereocenters. The molecule has 3 rings (SSSR count). The van der Waals surface area contributed by atoms with E-state index in [2.05, 4.69) is 30.2 Å². The monoisotopic (exact) mass is 316 g/mol. The minimum Gasteiger partial charge on any atom is -0.481 e. The van der Waals surface area contributed by atoms with Gasteiger partial charge < -0.3 is 19.7 Å². The van der Waals surface area contributed by atoms with E-state index in [1.54, 1.807) is 20.4 Å². The van der Waals surface area contributed by atoms with Gasteiger partial charge in [0.1, 0.15) is 5.82 Å². The van der Waals surface area contributed by atoms with E-state index in [0.29, 0.717) is 17.8 Å². The highest BCUT2D eigenvalue weighted by Crippen LogP contribution is 2.24. The predicted octanol–water partition coefficient (Wildman–Crippen LogP) is 1.28. The molecule has 23 heavy (non-hydrogen) atoms. The predicted molar refractivity (Wildman–Crippen MR) is 86.1 cm³/mol. The highest BCUT2D eigenvalue weighted by atomic mass is 16.5. The number of ether oxygens (including phenoxy) is 2. The fourth-order valence-electron chi connectivity index (χ4n) is 2.54. The lowest BCUT2D eigenvalue weighted by molar-refractivity contribution is 0.352. The molecule has 1 saturated heterocycles. The van der Waals surface area contributed by atoms with E-state index in [1.807, 2.05) is 19.1 Å². The van der Waals surface area contributed by atoms with Crippen molar-refractivity contribution < 1.29 is 9.47 Å². The number of rotatable bonds is 5. The van der Waals surface area contributed by atoms with Crippen LogP contribution < -0.4 is 19.7 Å². The molecule has 1 aliphatic heterocycles. The van der Waals surface area contributed by atoms with Crippen LogP contribution in [0.15, 0.2) is 18.3 Å². The van der Waals surface area contributed by atoms with Crippen LogP contribution in [-0.4, -0.2) is 53.3 Å². The molecule has 1 aliphatic rings. The van der Waals surface area contributed by atoms with E-state index in [9.17, 15) is 0 Å². The number of aromatic nitrogens is 4. The Balaban J connectivity index is 1.70. The highest BCUT2D eigenvalue weighted by molar-refractivity contribution is 5.45. The summed E-state index contributed by atoms with van der Waals surface area (Å²) in [5, 5.41) is 3.37. The Kier molecular flexibility index (Phi) is 4.40. The van der Waals surface area contributed by atoms with Crippen molar-refractivity contribution in [3.63, 3.8) is 0 Å². The molecule has 122 valence electrons. The van der Waals surface area contributed by atoms with Gasteiger partial charge in [0.05, 0.1) is 14.2 Å². The second-order valence-corrected chi connectivity index (χ2v) is 5.35. The van der Waals surface area contributed by atoms with Crippen molar-refractivity contribution in [2.24, 2.45) is 0 Å². The van der Waals surface area contributed by atoms with Gasteiger partial charge in [-0.2, -0.15) is 9.97 Å². The molecule has 0 spiro atoms. The summed E-state index contributed by atoms with van der Waals surface area (Å²) >= 11 is 0. The second-order valence-electron chi connectivity index (χ2n) is 5.35. The largest absolute Gasteiger partial charge is 0.481 e. The normalized spacial score (nSPS) is 17.2. The van der Waals surface area contributed by atoms with Crippen molar-refractivity contribution >= 4 is 11.8 Å². The third-order valence-electron chi connectivity index (χ3n) is 3.70. The zero-order valence-corrected chi connectivity index (χ0v) is 13.5. The molecule has 8 heteroatoms. The van der Waals surface area contributed by atoms with Gasteiger partial charge in [0.15, 0.2) is 0 Å². The van der Waals surface area contributed by atoms with Crippen LogP contribution in [0.5, 0.6) is 11.9 Å². The van der Waals surface area contributed by atoms with E-state index >= 15 is 0 Å². The molecular weight excluding hydrogens is 296 g/mol. The molecule has 3 heterocycles. The van der Waals surface area contributed by atoms with Crippen LogP contribution in [0.4, 0.5) is 11.8 Å². The minimum atomic E-state index is 0.267.